The Morgan fingerprint density at radius 2 is 1.12 bits per heavy atom. The molecule has 1 unspecified atom stereocenters. The third-order valence-electron chi connectivity index (χ3n) is 9.80. The molecule has 222 valence electrons. The van der Waals surface area contributed by atoms with Gasteiger partial charge in [0.25, 0.3) is 0 Å². The molecule has 0 aliphatic carbocycles. The summed E-state index contributed by atoms with van der Waals surface area (Å²) in [5.74, 6) is 0.516. The van der Waals surface area contributed by atoms with E-state index in [-0.39, 0.29) is 5.54 Å². The van der Waals surface area contributed by atoms with Crippen molar-refractivity contribution in [3.05, 3.63) is 124 Å². The summed E-state index contributed by atoms with van der Waals surface area (Å²) >= 11 is -0.245. The van der Waals surface area contributed by atoms with Gasteiger partial charge in [0.05, 0.1) is 0 Å². The van der Waals surface area contributed by atoms with Crippen molar-refractivity contribution in [1.29, 1.82) is 0 Å². The van der Waals surface area contributed by atoms with Gasteiger partial charge in [-0.1, -0.05) is 0 Å². The second-order valence-corrected chi connectivity index (χ2v) is 28.0. The zero-order valence-corrected chi connectivity index (χ0v) is 30.1. The van der Waals surface area contributed by atoms with E-state index >= 15 is 0 Å². The molecule has 42 heavy (non-hydrogen) atoms. The maximum absolute atomic E-state index is 2.82. The molecule has 0 spiro atoms. The summed E-state index contributed by atoms with van der Waals surface area (Å²) in [6.07, 6.45) is 8.27. The summed E-state index contributed by atoms with van der Waals surface area (Å²) in [7, 11) is 0. The summed E-state index contributed by atoms with van der Waals surface area (Å²) in [6.45, 7) is 11.8. The molecule has 3 aromatic carbocycles. The molecule has 0 bridgehead atoms. The van der Waals surface area contributed by atoms with E-state index in [1.807, 2.05) is 2.89 Å². The fourth-order valence-corrected chi connectivity index (χ4v) is 28.2. The SMILES string of the molecule is CCC[CH2][Sn]([CH2]CCC)([CH2]CCC)[c]1cc2c(s1)CN(C(c1ccccc1)(c1ccccc1)c1ccccc1)CC2C. The molecular weight excluding hydrogens is 633 g/mol. The fraction of sp³-hybridized carbons (Fsp3) is 0.436. The minimum atomic E-state index is -2.50. The zero-order chi connectivity index (χ0) is 29.4. The Balaban J connectivity index is 1.64. The van der Waals surface area contributed by atoms with Crippen LogP contribution in [0.15, 0.2) is 97.1 Å². The average molecular weight is 685 g/mol. The molecule has 1 aliphatic rings. The Kier molecular flexibility index (Phi) is 11.1. The summed E-state index contributed by atoms with van der Waals surface area (Å²) in [5, 5.41) is 0. The topological polar surface area (TPSA) is 3.24 Å². The van der Waals surface area contributed by atoms with Crippen LogP contribution in [0.1, 0.15) is 99.3 Å². The van der Waals surface area contributed by atoms with Crippen molar-refractivity contribution in [2.24, 2.45) is 0 Å². The molecule has 5 rings (SSSR count). The first-order chi connectivity index (χ1) is 20.6. The van der Waals surface area contributed by atoms with Crippen LogP contribution in [0, 0.1) is 0 Å². The van der Waals surface area contributed by atoms with Gasteiger partial charge in [-0.25, -0.2) is 0 Å². The quantitative estimate of drug-likeness (QED) is 0.0944. The van der Waals surface area contributed by atoms with Crippen molar-refractivity contribution in [3.8, 4) is 0 Å². The number of hydrogen-bond donors (Lipinski definition) is 0. The van der Waals surface area contributed by atoms with Crippen molar-refractivity contribution in [3.63, 3.8) is 0 Å². The molecule has 3 heteroatoms. The predicted molar refractivity (Wildman–Crippen MR) is 187 cm³/mol. The summed E-state index contributed by atoms with van der Waals surface area (Å²) in [5.41, 5.74) is 5.40. The molecule has 4 aromatic rings. The van der Waals surface area contributed by atoms with E-state index in [0.717, 1.165) is 13.1 Å². The Hall–Kier alpha value is -1.88. The predicted octanol–water partition coefficient (Wildman–Crippen LogP) is 10.7. The van der Waals surface area contributed by atoms with Gasteiger partial charge in [0.1, 0.15) is 0 Å². The summed E-state index contributed by atoms with van der Waals surface area (Å²) < 4.78 is 6.53. The van der Waals surface area contributed by atoms with Crippen LogP contribution >= 0.6 is 11.3 Å². The molecule has 1 aromatic heterocycles. The summed E-state index contributed by atoms with van der Waals surface area (Å²) in [4.78, 5) is 4.46. The van der Waals surface area contributed by atoms with E-state index in [4.69, 9.17) is 0 Å². The Bertz CT molecular complexity index is 1250. The first-order valence-electron chi connectivity index (χ1n) is 16.6. The second kappa shape index (κ2) is 14.7. The Morgan fingerprint density at radius 1 is 0.690 bits per heavy atom. The number of fused-ring (bicyclic) bond motifs is 1. The van der Waals surface area contributed by atoms with Gasteiger partial charge in [-0.05, 0) is 0 Å². The van der Waals surface area contributed by atoms with Crippen LogP contribution in [-0.4, -0.2) is 29.8 Å². The molecule has 0 saturated heterocycles. The summed E-state index contributed by atoms with van der Waals surface area (Å²) in [6, 6.07) is 36.6. The van der Waals surface area contributed by atoms with Crippen molar-refractivity contribution in [2.45, 2.75) is 97.5 Å². The van der Waals surface area contributed by atoms with E-state index in [9.17, 15) is 0 Å². The molecule has 0 N–H and O–H groups in total. The normalized spacial score (nSPS) is 16.0. The number of thiophene rings is 1. The van der Waals surface area contributed by atoms with Gasteiger partial charge in [-0.15, -0.1) is 0 Å². The van der Waals surface area contributed by atoms with Crippen molar-refractivity contribution in [1.82, 2.24) is 4.90 Å². The van der Waals surface area contributed by atoms with Gasteiger partial charge in [-0.3, -0.25) is 0 Å². The molecule has 1 nitrogen and oxygen atoms in total. The number of nitrogens with zero attached hydrogens (tertiary/aromatic N) is 1. The van der Waals surface area contributed by atoms with Crippen molar-refractivity contribution in [2.75, 3.05) is 6.54 Å². The second-order valence-electron chi connectivity index (χ2n) is 12.7. The average Bonchev–Trinajstić information content (AvgIpc) is 3.49. The minimum absolute atomic E-state index is 0.340. The number of hydrogen-bond acceptors (Lipinski definition) is 2. The van der Waals surface area contributed by atoms with Gasteiger partial charge in [0.15, 0.2) is 0 Å². The Morgan fingerprint density at radius 3 is 1.52 bits per heavy atom. The molecule has 0 radical (unpaired) electrons. The molecule has 1 atom stereocenters. The number of rotatable bonds is 14. The molecule has 1 aliphatic heterocycles. The van der Waals surface area contributed by atoms with Gasteiger partial charge in [0, 0.05) is 0 Å². The monoisotopic (exact) mass is 685 g/mol. The van der Waals surface area contributed by atoms with Crippen molar-refractivity contribution >= 4 is 32.6 Å². The number of benzene rings is 3. The van der Waals surface area contributed by atoms with Crippen LogP contribution in [0.5, 0.6) is 0 Å². The first-order valence-corrected chi connectivity index (χ1v) is 24.9. The Labute approximate surface area is 264 Å². The van der Waals surface area contributed by atoms with Gasteiger partial charge < -0.3 is 0 Å². The van der Waals surface area contributed by atoms with Crippen molar-refractivity contribution < 1.29 is 0 Å². The molecule has 0 amide bonds. The zero-order valence-electron chi connectivity index (χ0n) is 26.4. The molecule has 0 saturated carbocycles. The third-order valence-corrected chi connectivity index (χ3v) is 29.1. The van der Waals surface area contributed by atoms with Crippen LogP contribution in [-0.2, 0) is 12.1 Å². The van der Waals surface area contributed by atoms with E-state index < -0.39 is 18.4 Å². The van der Waals surface area contributed by atoms with Gasteiger partial charge >= 0.3 is 266 Å². The number of unbranched alkanes of at least 4 members (excludes halogenated alkanes) is 3. The standard InChI is InChI=1S/C27H24NS.3C4H9.Sn/c1-21-19-28(20-26-25(21)17-18-29-26)27(22-11-5-2-6-12-22,23-13-7-3-8-14-23)24-15-9-4-10-16-24;3*1-3-4-2;/h2-17,21H,19-20H2,1H3;3*1,3-4H2,2H3;. The van der Waals surface area contributed by atoms with Crippen LogP contribution in [0.25, 0.3) is 0 Å². The van der Waals surface area contributed by atoms with E-state index in [1.165, 1.54) is 55.2 Å². The molecule has 0 fully saturated rings. The first kappa shape index (κ1) is 31.5. The van der Waals surface area contributed by atoms with E-state index in [2.05, 4.69) is 141 Å². The maximum atomic E-state index is 2.82. The van der Waals surface area contributed by atoms with E-state index in [0.29, 0.717) is 5.92 Å². The van der Waals surface area contributed by atoms with Gasteiger partial charge in [-0.2, -0.15) is 0 Å². The fourth-order valence-electron chi connectivity index (χ4n) is 7.54. The van der Waals surface area contributed by atoms with Crippen LogP contribution in [0.4, 0.5) is 0 Å². The van der Waals surface area contributed by atoms with Crippen LogP contribution in [0.2, 0.25) is 13.3 Å². The third kappa shape index (κ3) is 6.33. The molecular formula is C39H51NSSn. The van der Waals surface area contributed by atoms with E-state index in [1.54, 1.807) is 23.8 Å². The van der Waals surface area contributed by atoms with Crippen LogP contribution in [0.3, 0.4) is 0 Å². The van der Waals surface area contributed by atoms with Crippen LogP contribution < -0.4 is 2.89 Å². The molecule has 2 heterocycles. The van der Waals surface area contributed by atoms with Gasteiger partial charge in [0.2, 0.25) is 0 Å².